The van der Waals surface area contributed by atoms with Gasteiger partial charge in [0.15, 0.2) is 0 Å². The van der Waals surface area contributed by atoms with Crippen LogP contribution in [0.5, 0.6) is 0 Å². The highest BCUT2D eigenvalue weighted by molar-refractivity contribution is 7.89. The number of nitrogens with zero attached hydrogens (tertiary/aromatic N) is 1. The maximum absolute atomic E-state index is 12.5. The van der Waals surface area contributed by atoms with E-state index in [1.165, 1.54) is 38.4 Å². The monoisotopic (exact) mass is 420 g/mol. The first kappa shape index (κ1) is 21.3. The highest BCUT2D eigenvalue weighted by Crippen LogP contribution is 2.17. The Hall–Kier alpha value is -3.44. The van der Waals surface area contributed by atoms with Gasteiger partial charge in [0.25, 0.3) is 15.9 Å². The molecule has 7 heteroatoms. The molecule has 0 bridgehead atoms. The maximum Gasteiger partial charge on any atom is 0.264 e. The van der Waals surface area contributed by atoms with E-state index in [1.54, 1.807) is 18.2 Å². The molecule has 0 unspecified atom stereocenters. The number of carbonyl (C=O) groups is 1. The number of amides is 1. The van der Waals surface area contributed by atoms with Crippen LogP contribution in [0.1, 0.15) is 21.5 Å². The average Bonchev–Trinajstić information content (AvgIpc) is 2.78. The van der Waals surface area contributed by atoms with Crippen molar-refractivity contribution in [3.63, 3.8) is 0 Å². The van der Waals surface area contributed by atoms with Gasteiger partial charge in [0.1, 0.15) is 0 Å². The van der Waals surface area contributed by atoms with Crippen LogP contribution in [0, 0.1) is 11.8 Å². The van der Waals surface area contributed by atoms with Gasteiger partial charge in [-0.3, -0.25) is 9.63 Å². The first-order chi connectivity index (χ1) is 14.4. The van der Waals surface area contributed by atoms with Crippen molar-refractivity contribution in [1.29, 1.82) is 0 Å². The Morgan fingerprint density at radius 2 is 1.53 bits per heavy atom. The zero-order valence-electron chi connectivity index (χ0n) is 16.5. The predicted molar refractivity (Wildman–Crippen MR) is 115 cm³/mol. The summed E-state index contributed by atoms with van der Waals surface area (Å²) < 4.78 is 25.2. The minimum Gasteiger partial charge on any atom is -0.322 e. The quantitative estimate of drug-likeness (QED) is 0.506. The highest BCUT2D eigenvalue weighted by atomic mass is 32.2. The van der Waals surface area contributed by atoms with E-state index < -0.39 is 10.0 Å². The molecule has 0 aliphatic carbocycles. The summed E-state index contributed by atoms with van der Waals surface area (Å²) in [7, 11) is -1.20. The molecule has 0 aromatic heterocycles. The Balaban J connectivity index is 1.73. The molecule has 6 nitrogen and oxygen atoms in total. The van der Waals surface area contributed by atoms with E-state index >= 15 is 0 Å². The molecular formula is C23H20N2O4S. The lowest BCUT2D eigenvalue weighted by Crippen LogP contribution is -2.25. The van der Waals surface area contributed by atoms with Crippen molar-refractivity contribution in [3.05, 3.63) is 95.6 Å². The number of hydrogen-bond acceptors (Lipinski definition) is 4. The number of benzene rings is 3. The molecular weight excluding hydrogens is 400 g/mol. The van der Waals surface area contributed by atoms with Crippen LogP contribution in [0.4, 0.5) is 5.69 Å². The normalized spacial score (nSPS) is 10.9. The number of nitrogens with one attached hydrogen (secondary N) is 1. The minimum absolute atomic E-state index is 0.0292. The fourth-order valence-electron chi connectivity index (χ4n) is 2.57. The Morgan fingerprint density at radius 3 is 2.20 bits per heavy atom. The molecule has 0 heterocycles. The summed E-state index contributed by atoms with van der Waals surface area (Å²) in [6.07, 6.45) is 0. The Bertz CT molecular complexity index is 1200. The fraction of sp³-hybridized carbons (Fsp3) is 0.0870. The van der Waals surface area contributed by atoms with Crippen molar-refractivity contribution in [2.75, 3.05) is 19.5 Å². The molecule has 1 N–H and O–H groups in total. The zero-order chi connectivity index (χ0) is 21.6. The molecule has 1 amide bonds. The van der Waals surface area contributed by atoms with Crippen molar-refractivity contribution in [2.45, 2.75) is 4.90 Å². The summed E-state index contributed by atoms with van der Waals surface area (Å²) in [6, 6.07) is 22.4. The van der Waals surface area contributed by atoms with Gasteiger partial charge in [0.2, 0.25) is 0 Å². The van der Waals surface area contributed by atoms with Crippen LogP contribution < -0.4 is 5.32 Å². The molecule has 152 valence electrons. The molecule has 3 aromatic rings. The van der Waals surface area contributed by atoms with Gasteiger partial charge in [0, 0.05) is 29.4 Å². The lowest BCUT2D eigenvalue weighted by atomic mass is 10.1. The molecule has 0 saturated carbocycles. The predicted octanol–water partition coefficient (Wildman–Crippen LogP) is 3.52. The van der Waals surface area contributed by atoms with E-state index in [0.717, 1.165) is 15.6 Å². The van der Waals surface area contributed by atoms with E-state index in [0.29, 0.717) is 11.3 Å². The molecule has 0 radical (unpaired) electrons. The maximum atomic E-state index is 12.5. The third-order valence-corrected chi connectivity index (χ3v) is 5.95. The van der Waals surface area contributed by atoms with Crippen molar-refractivity contribution >= 4 is 21.6 Å². The summed E-state index contributed by atoms with van der Waals surface area (Å²) in [5.41, 5.74) is 2.59. The number of hydroxylamine groups is 1. The number of sulfonamides is 1. The SMILES string of the molecule is CON(C)S(=O)(=O)c1ccc(C(=O)Nc2cccc(C#Cc3ccccc3)c2)cc1. The molecule has 3 rings (SSSR count). The number of rotatable bonds is 5. The summed E-state index contributed by atoms with van der Waals surface area (Å²) in [5.74, 6) is 5.79. The van der Waals surface area contributed by atoms with Crippen molar-refractivity contribution in [2.24, 2.45) is 0 Å². The van der Waals surface area contributed by atoms with E-state index in [1.807, 2.05) is 36.4 Å². The molecule has 0 aliphatic rings. The van der Waals surface area contributed by atoms with E-state index in [2.05, 4.69) is 17.2 Å². The molecule has 30 heavy (non-hydrogen) atoms. The van der Waals surface area contributed by atoms with Crippen LogP contribution in [0.2, 0.25) is 0 Å². The van der Waals surface area contributed by atoms with Crippen molar-refractivity contribution < 1.29 is 18.0 Å². The standard InChI is InChI=1S/C23H20N2O4S/c1-25(29-2)30(27,28)22-15-13-20(14-16-22)23(26)24-21-10-6-9-19(17-21)12-11-18-7-4-3-5-8-18/h3-10,13-17H,1-2H3,(H,24,26). The van der Waals surface area contributed by atoms with E-state index in [-0.39, 0.29) is 10.8 Å². The van der Waals surface area contributed by atoms with Gasteiger partial charge in [-0.05, 0) is 54.6 Å². The van der Waals surface area contributed by atoms with Gasteiger partial charge in [-0.2, -0.15) is 0 Å². The fourth-order valence-corrected chi connectivity index (χ4v) is 3.54. The van der Waals surface area contributed by atoms with Crippen LogP contribution in [0.15, 0.2) is 83.8 Å². The number of carbonyl (C=O) groups excluding carboxylic acids is 1. The Labute approximate surface area is 176 Å². The van der Waals surface area contributed by atoms with Gasteiger partial charge >= 0.3 is 0 Å². The highest BCUT2D eigenvalue weighted by Gasteiger charge is 2.21. The molecule has 0 spiro atoms. The smallest absolute Gasteiger partial charge is 0.264 e. The Kier molecular flexibility index (Phi) is 6.65. The van der Waals surface area contributed by atoms with Crippen molar-refractivity contribution in [3.8, 4) is 11.8 Å². The van der Waals surface area contributed by atoms with Crippen LogP contribution >= 0.6 is 0 Å². The second-order valence-electron chi connectivity index (χ2n) is 6.27. The number of hydrogen-bond donors (Lipinski definition) is 1. The molecule has 0 aliphatic heterocycles. The summed E-state index contributed by atoms with van der Waals surface area (Å²) >= 11 is 0. The zero-order valence-corrected chi connectivity index (χ0v) is 17.3. The van der Waals surface area contributed by atoms with Crippen molar-refractivity contribution in [1.82, 2.24) is 4.47 Å². The van der Waals surface area contributed by atoms with Crippen LogP contribution in [0.25, 0.3) is 0 Å². The molecule has 3 aromatic carbocycles. The molecule has 0 fully saturated rings. The van der Waals surface area contributed by atoms with Gasteiger partial charge in [-0.25, -0.2) is 8.42 Å². The third-order valence-electron chi connectivity index (χ3n) is 4.26. The van der Waals surface area contributed by atoms with E-state index in [4.69, 9.17) is 4.84 Å². The van der Waals surface area contributed by atoms with Gasteiger partial charge < -0.3 is 5.32 Å². The lowest BCUT2D eigenvalue weighted by Gasteiger charge is -2.14. The molecule has 0 saturated heterocycles. The molecule has 0 atom stereocenters. The van der Waals surface area contributed by atoms with Gasteiger partial charge in [-0.15, -0.1) is 0 Å². The van der Waals surface area contributed by atoms with Gasteiger partial charge in [0.05, 0.1) is 12.0 Å². The summed E-state index contributed by atoms with van der Waals surface area (Å²) in [4.78, 5) is 17.3. The second kappa shape index (κ2) is 9.37. The summed E-state index contributed by atoms with van der Waals surface area (Å²) in [5, 5.41) is 2.80. The first-order valence-electron chi connectivity index (χ1n) is 9.02. The largest absolute Gasteiger partial charge is 0.322 e. The van der Waals surface area contributed by atoms with Crippen LogP contribution in [0.3, 0.4) is 0 Å². The second-order valence-corrected chi connectivity index (χ2v) is 8.21. The topological polar surface area (TPSA) is 75.7 Å². The Morgan fingerprint density at radius 1 is 0.900 bits per heavy atom. The first-order valence-corrected chi connectivity index (χ1v) is 10.5. The van der Waals surface area contributed by atoms with E-state index in [9.17, 15) is 13.2 Å². The number of anilines is 1. The minimum atomic E-state index is -3.76. The van der Waals surface area contributed by atoms with Crippen LogP contribution in [-0.4, -0.2) is 33.0 Å². The summed E-state index contributed by atoms with van der Waals surface area (Å²) in [6.45, 7) is 0. The lowest BCUT2D eigenvalue weighted by molar-refractivity contribution is -0.0258. The van der Waals surface area contributed by atoms with Crippen LogP contribution in [-0.2, 0) is 14.9 Å². The third kappa shape index (κ3) is 5.13. The van der Waals surface area contributed by atoms with Gasteiger partial charge in [-0.1, -0.05) is 40.6 Å². The average molecular weight is 420 g/mol.